The summed E-state index contributed by atoms with van der Waals surface area (Å²) in [5.74, 6) is 0.127. The van der Waals surface area contributed by atoms with Crippen LogP contribution in [0.15, 0.2) is 12.3 Å². The summed E-state index contributed by atoms with van der Waals surface area (Å²) in [5.41, 5.74) is 0.932. The van der Waals surface area contributed by atoms with Gasteiger partial charge in [-0.2, -0.15) is 0 Å². The largest absolute Gasteiger partial charge is 0.386 e. The van der Waals surface area contributed by atoms with E-state index in [-0.39, 0.29) is 5.91 Å². The number of hydrogen-bond acceptors (Lipinski definition) is 2. The van der Waals surface area contributed by atoms with Crippen molar-refractivity contribution in [1.82, 2.24) is 10.2 Å². The highest BCUT2D eigenvalue weighted by Crippen LogP contribution is 1.99. The first-order valence-corrected chi connectivity index (χ1v) is 3.37. The van der Waals surface area contributed by atoms with Crippen molar-refractivity contribution in [2.45, 2.75) is 6.92 Å². The van der Waals surface area contributed by atoms with Crippen molar-refractivity contribution in [2.24, 2.45) is 0 Å². The summed E-state index contributed by atoms with van der Waals surface area (Å²) in [6.07, 6.45) is 0. The Morgan fingerprint density at radius 1 is 1.80 bits per heavy atom. The molecule has 0 unspecified atom stereocenters. The van der Waals surface area contributed by atoms with Crippen molar-refractivity contribution in [3.05, 3.63) is 12.3 Å². The second kappa shape index (κ2) is 2.73. The number of hydrogen-bond donors (Lipinski definition) is 1. The molecule has 0 spiro atoms. The van der Waals surface area contributed by atoms with Crippen molar-refractivity contribution in [3.63, 3.8) is 0 Å². The second-order valence-corrected chi connectivity index (χ2v) is 2.47. The Bertz CT molecular complexity index is 163. The van der Waals surface area contributed by atoms with Gasteiger partial charge >= 0.3 is 0 Å². The molecule has 10 heavy (non-hydrogen) atoms. The molecule has 0 radical (unpaired) electrons. The zero-order valence-corrected chi connectivity index (χ0v) is 6.18. The van der Waals surface area contributed by atoms with Gasteiger partial charge in [0, 0.05) is 25.7 Å². The van der Waals surface area contributed by atoms with E-state index in [1.807, 2.05) is 0 Å². The smallest absolute Gasteiger partial charge is 0.219 e. The minimum absolute atomic E-state index is 0.127. The van der Waals surface area contributed by atoms with Gasteiger partial charge in [-0.1, -0.05) is 6.58 Å². The van der Waals surface area contributed by atoms with Crippen LogP contribution in [0.2, 0.25) is 0 Å². The van der Waals surface area contributed by atoms with E-state index < -0.39 is 0 Å². The minimum atomic E-state index is 0.127. The summed E-state index contributed by atoms with van der Waals surface area (Å²) in [4.78, 5) is 12.6. The van der Waals surface area contributed by atoms with Crippen LogP contribution in [-0.4, -0.2) is 30.4 Å². The Morgan fingerprint density at radius 3 is 2.90 bits per heavy atom. The normalized spacial score (nSPS) is 18.5. The van der Waals surface area contributed by atoms with Gasteiger partial charge in [0.2, 0.25) is 5.91 Å². The van der Waals surface area contributed by atoms with Crippen LogP contribution in [0, 0.1) is 0 Å². The topological polar surface area (TPSA) is 32.3 Å². The Morgan fingerprint density at radius 2 is 2.50 bits per heavy atom. The number of nitrogens with one attached hydrogen (secondary N) is 1. The first-order valence-electron chi connectivity index (χ1n) is 3.37. The van der Waals surface area contributed by atoms with E-state index in [9.17, 15) is 4.79 Å². The lowest BCUT2D eigenvalue weighted by Gasteiger charge is -2.28. The number of amides is 1. The molecular formula is C7H12N2O. The number of carbonyl (C=O) groups excluding carboxylic acids is 1. The highest BCUT2D eigenvalue weighted by molar-refractivity contribution is 5.73. The number of nitrogens with zero attached hydrogens (tertiary/aromatic N) is 1. The van der Waals surface area contributed by atoms with Crippen molar-refractivity contribution in [2.75, 3.05) is 19.6 Å². The van der Waals surface area contributed by atoms with Crippen LogP contribution in [0.25, 0.3) is 0 Å². The van der Waals surface area contributed by atoms with Crippen LogP contribution < -0.4 is 5.32 Å². The molecule has 0 aromatic rings. The molecule has 1 aliphatic heterocycles. The van der Waals surface area contributed by atoms with E-state index in [0.29, 0.717) is 6.54 Å². The predicted octanol–water partition coefficient (Wildman–Crippen LogP) is -0.0482. The van der Waals surface area contributed by atoms with E-state index in [2.05, 4.69) is 11.9 Å². The minimum Gasteiger partial charge on any atom is -0.386 e. The fourth-order valence-electron chi connectivity index (χ4n) is 1.00. The molecule has 0 aromatic heterocycles. The molecule has 0 saturated carbocycles. The summed E-state index contributed by atoms with van der Waals surface area (Å²) in [5, 5.41) is 3.08. The zero-order chi connectivity index (χ0) is 7.56. The van der Waals surface area contributed by atoms with Crippen molar-refractivity contribution >= 4 is 5.91 Å². The fraction of sp³-hybridized carbons (Fsp3) is 0.571. The Hall–Kier alpha value is -0.990. The zero-order valence-electron chi connectivity index (χ0n) is 6.18. The molecule has 1 N–H and O–H groups in total. The molecule has 1 rings (SSSR count). The molecule has 0 bridgehead atoms. The lowest BCUT2D eigenvalue weighted by Crippen LogP contribution is -2.43. The molecule has 1 heterocycles. The van der Waals surface area contributed by atoms with Crippen LogP contribution in [0.1, 0.15) is 6.92 Å². The van der Waals surface area contributed by atoms with Crippen molar-refractivity contribution in [3.8, 4) is 0 Å². The van der Waals surface area contributed by atoms with Crippen LogP contribution in [0.3, 0.4) is 0 Å². The van der Waals surface area contributed by atoms with E-state index in [0.717, 1.165) is 18.8 Å². The van der Waals surface area contributed by atoms with E-state index in [4.69, 9.17) is 0 Å². The molecular weight excluding hydrogens is 128 g/mol. The van der Waals surface area contributed by atoms with Gasteiger partial charge in [-0.15, -0.1) is 0 Å². The van der Waals surface area contributed by atoms with E-state index in [1.54, 1.807) is 11.8 Å². The molecule has 0 aromatic carbocycles. The first-order chi connectivity index (χ1) is 4.70. The molecule has 0 aliphatic carbocycles. The first kappa shape index (κ1) is 7.12. The van der Waals surface area contributed by atoms with Gasteiger partial charge in [-0.05, 0) is 0 Å². The van der Waals surface area contributed by atoms with Crippen LogP contribution in [0.5, 0.6) is 0 Å². The molecule has 1 aliphatic rings. The Balaban J connectivity index is 2.47. The van der Waals surface area contributed by atoms with E-state index >= 15 is 0 Å². The van der Waals surface area contributed by atoms with Gasteiger partial charge < -0.3 is 10.2 Å². The molecule has 3 nitrogen and oxygen atoms in total. The molecule has 1 fully saturated rings. The van der Waals surface area contributed by atoms with Crippen LogP contribution in [0.4, 0.5) is 0 Å². The molecule has 1 saturated heterocycles. The van der Waals surface area contributed by atoms with Gasteiger partial charge in [0.15, 0.2) is 0 Å². The second-order valence-electron chi connectivity index (χ2n) is 2.47. The lowest BCUT2D eigenvalue weighted by atomic mass is 10.3. The third-order valence-corrected chi connectivity index (χ3v) is 1.58. The van der Waals surface area contributed by atoms with Gasteiger partial charge in [-0.25, -0.2) is 0 Å². The molecule has 56 valence electrons. The SMILES string of the molecule is C=C1CN(C(C)=O)CCN1. The summed E-state index contributed by atoms with van der Waals surface area (Å²) in [6.45, 7) is 7.62. The molecule has 3 heteroatoms. The Kier molecular flexibility index (Phi) is 1.94. The standard InChI is InChI=1S/C7H12N2O/c1-6-5-9(7(2)10)4-3-8-6/h8H,1,3-5H2,2H3. The maximum Gasteiger partial charge on any atom is 0.219 e. The molecule has 0 atom stereocenters. The van der Waals surface area contributed by atoms with Gasteiger partial charge in [0.05, 0.1) is 6.54 Å². The number of piperazine rings is 1. The van der Waals surface area contributed by atoms with E-state index in [1.165, 1.54) is 0 Å². The highest BCUT2D eigenvalue weighted by atomic mass is 16.2. The predicted molar refractivity (Wildman–Crippen MR) is 39.4 cm³/mol. The maximum absolute atomic E-state index is 10.8. The average molecular weight is 140 g/mol. The summed E-state index contributed by atoms with van der Waals surface area (Å²) < 4.78 is 0. The van der Waals surface area contributed by atoms with Gasteiger partial charge in [0.1, 0.15) is 0 Å². The third-order valence-electron chi connectivity index (χ3n) is 1.58. The average Bonchev–Trinajstić information content (AvgIpc) is 1.88. The van der Waals surface area contributed by atoms with Crippen LogP contribution >= 0.6 is 0 Å². The monoisotopic (exact) mass is 140 g/mol. The third kappa shape index (κ3) is 1.50. The summed E-state index contributed by atoms with van der Waals surface area (Å²) in [6, 6.07) is 0. The molecule has 1 amide bonds. The van der Waals surface area contributed by atoms with Crippen LogP contribution in [-0.2, 0) is 4.79 Å². The van der Waals surface area contributed by atoms with Crippen molar-refractivity contribution < 1.29 is 4.79 Å². The fourth-order valence-corrected chi connectivity index (χ4v) is 1.00. The summed E-state index contributed by atoms with van der Waals surface area (Å²) in [7, 11) is 0. The lowest BCUT2D eigenvalue weighted by molar-refractivity contribution is -0.128. The maximum atomic E-state index is 10.8. The highest BCUT2D eigenvalue weighted by Gasteiger charge is 2.13. The van der Waals surface area contributed by atoms with Gasteiger partial charge in [-0.3, -0.25) is 4.79 Å². The Labute approximate surface area is 60.7 Å². The number of carbonyl (C=O) groups is 1. The summed E-state index contributed by atoms with van der Waals surface area (Å²) >= 11 is 0. The quantitative estimate of drug-likeness (QED) is 0.511. The van der Waals surface area contributed by atoms with Gasteiger partial charge in [0.25, 0.3) is 0 Å². The number of rotatable bonds is 0. The van der Waals surface area contributed by atoms with Crippen molar-refractivity contribution in [1.29, 1.82) is 0 Å².